The molecule has 136 valence electrons. The molecule has 1 aliphatic carbocycles. The number of fused-ring (bicyclic) bond motifs is 3. The number of aromatic amines is 1. The Labute approximate surface area is 152 Å². The first-order chi connectivity index (χ1) is 12.7. The minimum atomic E-state index is -0.0687. The molecule has 6 heteroatoms. The molecule has 0 saturated heterocycles. The van der Waals surface area contributed by atoms with E-state index >= 15 is 0 Å². The van der Waals surface area contributed by atoms with Crippen LogP contribution < -0.4 is 0 Å². The number of para-hydroxylation sites is 1. The van der Waals surface area contributed by atoms with Crippen LogP contribution in [0.25, 0.3) is 10.9 Å². The van der Waals surface area contributed by atoms with E-state index in [9.17, 15) is 9.90 Å². The van der Waals surface area contributed by atoms with E-state index in [1.165, 1.54) is 24.1 Å². The molecule has 3 aromatic rings. The van der Waals surface area contributed by atoms with Gasteiger partial charge in [0.05, 0.1) is 36.3 Å². The van der Waals surface area contributed by atoms with Crippen LogP contribution in [-0.4, -0.2) is 43.6 Å². The van der Waals surface area contributed by atoms with Crippen LogP contribution in [0.15, 0.2) is 30.7 Å². The molecular weight excluding hydrogens is 328 g/mol. The lowest BCUT2D eigenvalue weighted by Gasteiger charge is -2.22. The van der Waals surface area contributed by atoms with Gasteiger partial charge in [0.25, 0.3) is 5.91 Å². The van der Waals surface area contributed by atoms with Gasteiger partial charge in [0, 0.05) is 30.9 Å². The first-order valence-electron chi connectivity index (χ1n) is 9.17. The SMILES string of the molecule is Cn1cncc1CN(CCO)C(=O)c1cccc2c3c([nH]c12)CCCC3. The monoisotopic (exact) mass is 352 g/mol. The molecule has 1 aromatic carbocycles. The van der Waals surface area contributed by atoms with Gasteiger partial charge < -0.3 is 19.6 Å². The highest BCUT2D eigenvalue weighted by Gasteiger charge is 2.23. The van der Waals surface area contributed by atoms with Crippen molar-refractivity contribution in [3.05, 3.63) is 53.2 Å². The number of aryl methyl sites for hydroxylation is 3. The summed E-state index contributed by atoms with van der Waals surface area (Å²) in [7, 11) is 1.91. The fourth-order valence-corrected chi connectivity index (χ4v) is 3.88. The molecule has 0 aliphatic heterocycles. The van der Waals surface area contributed by atoms with Crippen LogP contribution in [0.4, 0.5) is 0 Å². The average Bonchev–Trinajstić information content (AvgIpc) is 3.24. The van der Waals surface area contributed by atoms with Crippen LogP contribution in [0, 0.1) is 0 Å². The van der Waals surface area contributed by atoms with E-state index in [1.54, 1.807) is 17.4 Å². The molecule has 1 amide bonds. The second-order valence-electron chi connectivity index (χ2n) is 6.96. The van der Waals surface area contributed by atoms with Crippen molar-refractivity contribution in [2.24, 2.45) is 7.05 Å². The van der Waals surface area contributed by atoms with Crippen LogP contribution >= 0.6 is 0 Å². The summed E-state index contributed by atoms with van der Waals surface area (Å²) in [4.78, 5) is 22.6. The number of hydrogen-bond acceptors (Lipinski definition) is 3. The summed E-state index contributed by atoms with van der Waals surface area (Å²) in [6.07, 6.45) is 7.99. The quantitative estimate of drug-likeness (QED) is 0.740. The van der Waals surface area contributed by atoms with Crippen molar-refractivity contribution in [1.82, 2.24) is 19.4 Å². The van der Waals surface area contributed by atoms with E-state index in [0.717, 1.165) is 29.4 Å². The van der Waals surface area contributed by atoms with Gasteiger partial charge in [-0.2, -0.15) is 0 Å². The summed E-state index contributed by atoms with van der Waals surface area (Å²) in [6.45, 7) is 0.647. The maximum Gasteiger partial charge on any atom is 0.256 e. The van der Waals surface area contributed by atoms with Crippen LogP contribution in [-0.2, 0) is 26.4 Å². The molecule has 0 radical (unpaired) electrons. The summed E-state index contributed by atoms with van der Waals surface area (Å²) in [5.74, 6) is -0.0653. The van der Waals surface area contributed by atoms with Gasteiger partial charge in [-0.25, -0.2) is 4.98 Å². The number of nitrogens with one attached hydrogen (secondary N) is 1. The van der Waals surface area contributed by atoms with Crippen LogP contribution in [0.2, 0.25) is 0 Å². The molecule has 0 unspecified atom stereocenters. The van der Waals surface area contributed by atoms with Crippen molar-refractivity contribution in [2.75, 3.05) is 13.2 Å². The number of carbonyl (C=O) groups is 1. The summed E-state index contributed by atoms with van der Waals surface area (Å²) < 4.78 is 1.89. The van der Waals surface area contributed by atoms with Gasteiger partial charge in [-0.05, 0) is 37.3 Å². The maximum absolute atomic E-state index is 13.3. The number of hydrogen-bond donors (Lipinski definition) is 2. The summed E-state index contributed by atoms with van der Waals surface area (Å²) in [5.41, 5.74) is 5.17. The number of carbonyl (C=O) groups excluding carboxylic acids is 1. The van der Waals surface area contributed by atoms with E-state index in [-0.39, 0.29) is 12.5 Å². The largest absolute Gasteiger partial charge is 0.395 e. The molecule has 2 heterocycles. The molecule has 0 spiro atoms. The highest BCUT2D eigenvalue weighted by atomic mass is 16.3. The molecule has 1 aliphatic rings. The van der Waals surface area contributed by atoms with Crippen LogP contribution in [0.3, 0.4) is 0 Å². The van der Waals surface area contributed by atoms with E-state index < -0.39 is 0 Å². The minimum absolute atomic E-state index is 0.0653. The van der Waals surface area contributed by atoms with Crippen LogP contribution in [0.1, 0.15) is 40.2 Å². The lowest BCUT2D eigenvalue weighted by molar-refractivity contribution is 0.0706. The van der Waals surface area contributed by atoms with Crippen molar-refractivity contribution in [1.29, 1.82) is 0 Å². The number of benzene rings is 1. The normalized spacial score (nSPS) is 13.8. The number of aliphatic hydroxyl groups is 1. The molecule has 0 fully saturated rings. The lowest BCUT2D eigenvalue weighted by atomic mass is 9.95. The molecule has 0 atom stereocenters. The first kappa shape index (κ1) is 16.8. The number of aliphatic hydroxyl groups excluding tert-OH is 1. The first-order valence-corrected chi connectivity index (χ1v) is 9.17. The number of amides is 1. The lowest BCUT2D eigenvalue weighted by Crippen LogP contribution is -2.33. The zero-order valence-electron chi connectivity index (χ0n) is 15.0. The third-order valence-electron chi connectivity index (χ3n) is 5.29. The fraction of sp³-hybridized carbons (Fsp3) is 0.400. The molecular formula is C20H24N4O2. The molecule has 0 saturated carbocycles. The highest BCUT2D eigenvalue weighted by Crippen LogP contribution is 2.31. The third-order valence-corrected chi connectivity index (χ3v) is 5.29. The molecule has 2 aromatic heterocycles. The molecule has 0 bridgehead atoms. The van der Waals surface area contributed by atoms with Gasteiger partial charge >= 0.3 is 0 Å². The maximum atomic E-state index is 13.3. The smallest absolute Gasteiger partial charge is 0.256 e. The Kier molecular flexibility index (Phi) is 4.51. The standard InChI is InChI=1S/C20H24N4O2/c1-23-13-21-11-14(23)12-24(9-10-25)20(26)17-7-4-6-16-15-5-2-3-8-18(15)22-19(16)17/h4,6-7,11,13,22,25H,2-3,5,8-10,12H2,1H3. The third kappa shape index (κ3) is 2.90. The van der Waals surface area contributed by atoms with E-state index in [1.807, 2.05) is 23.7 Å². The van der Waals surface area contributed by atoms with E-state index in [2.05, 4.69) is 16.0 Å². The second-order valence-corrected chi connectivity index (χ2v) is 6.96. The number of H-pyrrole nitrogens is 1. The van der Waals surface area contributed by atoms with Gasteiger partial charge in [-0.1, -0.05) is 12.1 Å². The Hall–Kier alpha value is -2.60. The Balaban J connectivity index is 1.71. The van der Waals surface area contributed by atoms with Gasteiger partial charge in [-0.3, -0.25) is 4.79 Å². The van der Waals surface area contributed by atoms with Gasteiger partial charge in [0.15, 0.2) is 0 Å². The van der Waals surface area contributed by atoms with E-state index in [0.29, 0.717) is 18.7 Å². The van der Waals surface area contributed by atoms with Crippen molar-refractivity contribution in [2.45, 2.75) is 32.2 Å². The Morgan fingerprint density at radius 1 is 1.35 bits per heavy atom. The zero-order chi connectivity index (χ0) is 18.1. The number of rotatable bonds is 5. The van der Waals surface area contributed by atoms with Gasteiger partial charge in [-0.15, -0.1) is 0 Å². The summed E-state index contributed by atoms with van der Waals surface area (Å²) in [5, 5.41) is 10.6. The fourth-order valence-electron chi connectivity index (χ4n) is 3.88. The van der Waals surface area contributed by atoms with Gasteiger partial charge in [0.1, 0.15) is 0 Å². The highest BCUT2D eigenvalue weighted by molar-refractivity contribution is 6.06. The Morgan fingerprint density at radius 2 is 2.19 bits per heavy atom. The molecule has 2 N–H and O–H groups in total. The van der Waals surface area contributed by atoms with Gasteiger partial charge in [0.2, 0.25) is 0 Å². The average molecular weight is 352 g/mol. The van der Waals surface area contributed by atoms with Crippen LogP contribution in [0.5, 0.6) is 0 Å². The summed E-state index contributed by atoms with van der Waals surface area (Å²) >= 11 is 0. The van der Waals surface area contributed by atoms with Crippen molar-refractivity contribution in [3.63, 3.8) is 0 Å². The topological polar surface area (TPSA) is 74.2 Å². The van der Waals surface area contributed by atoms with E-state index in [4.69, 9.17) is 0 Å². The van der Waals surface area contributed by atoms with Crippen molar-refractivity contribution >= 4 is 16.8 Å². The molecule has 26 heavy (non-hydrogen) atoms. The number of aromatic nitrogens is 3. The van der Waals surface area contributed by atoms with Crippen molar-refractivity contribution < 1.29 is 9.90 Å². The Bertz CT molecular complexity index is 941. The molecule has 6 nitrogen and oxygen atoms in total. The predicted octanol–water partition coefficient (Wildman–Crippen LogP) is 2.41. The zero-order valence-corrected chi connectivity index (χ0v) is 15.0. The summed E-state index contributed by atoms with van der Waals surface area (Å²) in [6, 6.07) is 5.93. The predicted molar refractivity (Wildman–Crippen MR) is 100.0 cm³/mol. The second kappa shape index (κ2) is 6.96. The number of imidazole rings is 1. The number of nitrogens with zero attached hydrogens (tertiary/aromatic N) is 3. The Morgan fingerprint density at radius 3 is 2.96 bits per heavy atom. The molecule has 4 rings (SSSR count). The van der Waals surface area contributed by atoms with Crippen molar-refractivity contribution in [3.8, 4) is 0 Å². The minimum Gasteiger partial charge on any atom is -0.395 e.